The van der Waals surface area contributed by atoms with Gasteiger partial charge >= 0.3 is 0 Å². The highest BCUT2D eigenvalue weighted by molar-refractivity contribution is 6.09. The molecule has 0 amide bonds. The number of aliphatic imine (C=N–C) groups is 2. The molecule has 0 aliphatic carbocycles. The van der Waals surface area contributed by atoms with Crippen molar-refractivity contribution < 1.29 is 4.39 Å². The number of nitrogens with zero attached hydrogens (tertiary/aromatic N) is 7. The lowest BCUT2D eigenvalue weighted by Crippen LogP contribution is -2.13. The fourth-order valence-corrected chi connectivity index (χ4v) is 2.80. The highest BCUT2D eigenvalue weighted by Gasteiger charge is 2.18. The van der Waals surface area contributed by atoms with E-state index in [0.717, 1.165) is 12.0 Å². The van der Waals surface area contributed by atoms with Crippen LogP contribution in [0.2, 0.25) is 0 Å². The van der Waals surface area contributed by atoms with E-state index < -0.39 is 5.83 Å². The summed E-state index contributed by atoms with van der Waals surface area (Å²) in [5.41, 5.74) is 1.25. The smallest absolute Gasteiger partial charge is 0.183 e. The van der Waals surface area contributed by atoms with Crippen molar-refractivity contribution in [1.29, 1.82) is 0 Å². The van der Waals surface area contributed by atoms with Gasteiger partial charge in [-0.3, -0.25) is 9.98 Å². The molecule has 0 fully saturated rings. The number of rotatable bonds is 7. The van der Waals surface area contributed by atoms with Crippen LogP contribution < -0.4 is 5.32 Å². The van der Waals surface area contributed by atoms with Crippen LogP contribution >= 0.6 is 0 Å². The minimum absolute atomic E-state index is 0.0214. The third-order valence-electron chi connectivity index (χ3n) is 3.93. The molecule has 0 saturated carbocycles. The van der Waals surface area contributed by atoms with Gasteiger partial charge in [0.15, 0.2) is 17.3 Å². The van der Waals surface area contributed by atoms with Gasteiger partial charge < -0.3 is 9.88 Å². The zero-order valence-corrected chi connectivity index (χ0v) is 16.0. The van der Waals surface area contributed by atoms with Crippen molar-refractivity contribution in [3.8, 4) is 0 Å². The minimum Gasteiger partial charge on any atom is -0.351 e. The lowest BCUT2D eigenvalue weighted by atomic mass is 10.3. The van der Waals surface area contributed by atoms with Gasteiger partial charge in [0.2, 0.25) is 0 Å². The molecule has 0 atom stereocenters. The van der Waals surface area contributed by atoms with Gasteiger partial charge in [-0.05, 0) is 39.6 Å². The first-order valence-electron chi connectivity index (χ1n) is 8.74. The summed E-state index contributed by atoms with van der Waals surface area (Å²) in [6.45, 7) is 9.35. The van der Waals surface area contributed by atoms with Gasteiger partial charge in [0, 0.05) is 12.2 Å². The van der Waals surface area contributed by atoms with E-state index in [1.807, 2.05) is 31.4 Å². The van der Waals surface area contributed by atoms with Crippen LogP contribution in [0.15, 0.2) is 52.6 Å². The number of imidazole rings is 1. The highest BCUT2D eigenvalue weighted by atomic mass is 19.1. The van der Waals surface area contributed by atoms with Crippen molar-refractivity contribution >= 4 is 29.4 Å². The average molecular weight is 380 g/mol. The maximum Gasteiger partial charge on any atom is 0.183 e. The number of pyridine rings is 1. The van der Waals surface area contributed by atoms with Crippen molar-refractivity contribution in [1.82, 2.24) is 24.5 Å². The standard InChI is InChI=1S/C19H21FN8/c1-12(2)28-13(3)26-15-10-23-18(27-19(15)28)17(14(20)9-21-4)25-11-24-16-7-5-6-8-22-16/h5-10,12H,4,11H2,1-3H3,(H,22,24)/b14-9+,25-17?. The van der Waals surface area contributed by atoms with E-state index in [-0.39, 0.29) is 24.2 Å². The third kappa shape index (κ3) is 4.08. The van der Waals surface area contributed by atoms with Gasteiger partial charge in [-0.25, -0.2) is 24.3 Å². The Kier molecular flexibility index (Phi) is 5.83. The van der Waals surface area contributed by atoms with Crippen LogP contribution in [-0.4, -0.2) is 43.6 Å². The summed E-state index contributed by atoms with van der Waals surface area (Å²) in [6.07, 6.45) is 4.21. The van der Waals surface area contributed by atoms with E-state index >= 15 is 0 Å². The first kappa shape index (κ1) is 19.3. The molecule has 0 aliphatic heterocycles. The van der Waals surface area contributed by atoms with Crippen LogP contribution in [0, 0.1) is 6.92 Å². The predicted molar refractivity (Wildman–Crippen MR) is 108 cm³/mol. The van der Waals surface area contributed by atoms with Gasteiger partial charge in [0.05, 0.1) is 12.4 Å². The first-order chi connectivity index (χ1) is 13.5. The van der Waals surface area contributed by atoms with Gasteiger partial charge in [0.25, 0.3) is 0 Å². The van der Waals surface area contributed by atoms with Crippen LogP contribution in [0.25, 0.3) is 11.2 Å². The minimum atomic E-state index is -0.676. The molecule has 0 unspecified atom stereocenters. The Morgan fingerprint density at radius 3 is 2.82 bits per heavy atom. The fourth-order valence-electron chi connectivity index (χ4n) is 2.80. The number of allylic oxidation sites excluding steroid dienone is 1. The normalized spacial score (nSPS) is 12.6. The molecule has 0 radical (unpaired) electrons. The molecule has 0 aromatic carbocycles. The summed E-state index contributed by atoms with van der Waals surface area (Å²) >= 11 is 0. The second kappa shape index (κ2) is 8.47. The van der Waals surface area contributed by atoms with E-state index in [4.69, 9.17) is 0 Å². The molecule has 0 saturated heterocycles. The molecule has 28 heavy (non-hydrogen) atoms. The quantitative estimate of drug-likeness (QED) is 0.634. The van der Waals surface area contributed by atoms with Gasteiger partial charge in [0.1, 0.15) is 29.5 Å². The number of aryl methyl sites for hydroxylation is 1. The van der Waals surface area contributed by atoms with Crippen LogP contribution in [0.3, 0.4) is 0 Å². The number of anilines is 1. The van der Waals surface area contributed by atoms with E-state index in [2.05, 4.69) is 42.0 Å². The number of nitrogens with one attached hydrogen (secondary N) is 1. The summed E-state index contributed by atoms with van der Waals surface area (Å²) in [5, 5.41) is 3.00. The average Bonchev–Trinajstić information content (AvgIpc) is 3.01. The van der Waals surface area contributed by atoms with Crippen molar-refractivity contribution in [2.45, 2.75) is 26.8 Å². The lowest BCUT2D eigenvalue weighted by Gasteiger charge is -2.10. The van der Waals surface area contributed by atoms with E-state index in [1.165, 1.54) is 0 Å². The highest BCUT2D eigenvalue weighted by Crippen LogP contribution is 2.19. The predicted octanol–water partition coefficient (Wildman–Crippen LogP) is 3.48. The Hall–Kier alpha value is -3.49. The summed E-state index contributed by atoms with van der Waals surface area (Å²) in [7, 11) is 0. The van der Waals surface area contributed by atoms with Crippen LogP contribution in [0.1, 0.15) is 31.5 Å². The molecular weight excluding hydrogens is 359 g/mol. The lowest BCUT2D eigenvalue weighted by molar-refractivity contribution is 0.595. The monoisotopic (exact) mass is 380 g/mol. The second-order valence-electron chi connectivity index (χ2n) is 6.24. The molecular formula is C19H21FN8. The van der Waals surface area contributed by atoms with Gasteiger partial charge in [-0.1, -0.05) is 6.07 Å². The zero-order chi connectivity index (χ0) is 20.1. The number of fused-ring (bicyclic) bond motifs is 1. The topological polar surface area (TPSA) is 93.2 Å². The van der Waals surface area contributed by atoms with Crippen molar-refractivity contribution in [2.24, 2.45) is 9.98 Å². The van der Waals surface area contributed by atoms with E-state index in [1.54, 1.807) is 24.5 Å². The Bertz CT molecular complexity index is 1040. The fraction of sp³-hybridized carbons (Fsp3) is 0.263. The molecule has 3 heterocycles. The summed E-state index contributed by atoms with van der Waals surface area (Å²) in [6, 6.07) is 5.59. The Balaban J connectivity index is 2.00. The molecule has 8 nitrogen and oxygen atoms in total. The van der Waals surface area contributed by atoms with Crippen LogP contribution in [0.5, 0.6) is 0 Å². The van der Waals surface area contributed by atoms with Gasteiger partial charge in [-0.15, -0.1) is 0 Å². The summed E-state index contributed by atoms with van der Waals surface area (Å²) in [5.74, 6) is 0.913. The van der Waals surface area contributed by atoms with E-state index in [9.17, 15) is 4.39 Å². The second-order valence-corrected chi connectivity index (χ2v) is 6.24. The molecule has 144 valence electrons. The SMILES string of the molecule is C=N/C=C(/F)C(=NCNc1ccccn1)c1ncc2nc(C)n(C(C)C)c2n1. The van der Waals surface area contributed by atoms with Crippen molar-refractivity contribution in [3.05, 3.63) is 54.3 Å². The maximum atomic E-state index is 14.6. The molecule has 0 aliphatic rings. The van der Waals surface area contributed by atoms with Crippen molar-refractivity contribution in [2.75, 3.05) is 12.0 Å². The van der Waals surface area contributed by atoms with Crippen LogP contribution in [-0.2, 0) is 0 Å². The largest absolute Gasteiger partial charge is 0.351 e. The molecule has 3 aromatic rings. The summed E-state index contributed by atoms with van der Waals surface area (Å²) in [4.78, 5) is 25.1. The summed E-state index contributed by atoms with van der Waals surface area (Å²) < 4.78 is 16.6. The van der Waals surface area contributed by atoms with E-state index in [0.29, 0.717) is 17.0 Å². The number of aromatic nitrogens is 5. The first-order valence-corrected chi connectivity index (χ1v) is 8.74. The molecule has 1 N–H and O–H groups in total. The molecule has 0 spiro atoms. The molecule has 3 rings (SSSR count). The number of halogens is 1. The zero-order valence-electron chi connectivity index (χ0n) is 16.0. The Morgan fingerprint density at radius 1 is 1.32 bits per heavy atom. The van der Waals surface area contributed by atoms with Crippen molar-refractivity contribution in [3.63, 3.8) is 0 Å². The Morgan fingerprint density at radius 2 is 2.14 bits per heavy atom. The van der Waals surface area contributed by atoms with Gasteiger partial charge in [-0.2, -0.15) is 0 Å². The Labute approximate surface area is 162 Å². The molecule has 0 bridgehead atoms. The third-order valence-corrected chi connectivity index (χ3v) is 3.93. The number of hydrogen-bond acceptors (Lipinski definition) is 7. The maximum absolute atomic E-state index is 14.6. The number of hydrogen-bond donors (Lipinski definition) is 1. The molecule has 3 aromatic heterocycles. The van der Waals surface area contributed by atoms with Crippen LogP contribution in [0.4, 0.5) is 10.2 Å². The molecule has 9 heteroatoms.